The van der Waals surface area contributed by atoms with E-state index in [-0.39, 0.29) is 23.9 Å². The summed E-state index contributed by atoms with van der Waals surface area (Å²) < 4.78 is 5.55. The Kier molecular flexibility index (Phi) is 5.84. The van der Waals surface area contributed by atoms with Crippen molar-refractivity contribution in [3.8, 4) is 5.75 Å². The van der Waals surface area contributed by atoms with Crippen LogP contribution in [0.4, 0.5) is 10.5 Å². The summed E-state index contributed by atoms with van der Waals surface area (Å²) in [5.74, 6) is 0.675. The predicted molar refractivity (Wildman–Crippen MR) is 119 cm³/mol. The van der Waals surface area contributed by atoms with Crippen molar-refractivity contribution in [3.05, 3.63) is 71.8 Å². The highest BCUT2D eigenvalue weighted by atomic mass is 16.5. The van der Waals surface area contributed by atoms with Crippen molar-refractivity contribution < 1.29 is 19.4 Å². The van der Waals surface area contributed by atoms with Crippen molar-refractivity contribution in [1.82, 2.24) is 10.2 Å². The molecule has 0 saturated carbocycles. The Bertz CT molecular complexity index is 989. The van der Waals surface area contributed by atoms with Gasteiger partial charge in [0.15, 0.2) is 0 Å². The molecule has 0 aliphatic carbocycles. The zero-order valence-electron chi connectivity index (χ0n) is 17.5. The van der Waals surface area contributed by atoms with E-state index in [9.17, 15) is 14.7 Å². The van der Waals surface area contributed by atoms with E-state index in [1.807, 2.05) is 43.3 Å². The van der Waals surface area contributed by atoms with Gasteiger partial charge in [-0.1, -0.05) is 18.2 Å². The standard InChI is InChI=1S/C24H27N3O4/c1-3-12-25-23(28)16-7-10-20-19(14-16)22-18(11-13-27(22)24(29)30)21(26-20)15-5-8-17(9-6-15)31-4-2/h3,5-10,14,18,21-22,26H,1,4,11-13H2,2H3,(H,25,28)(H,29,30). The summed E-state index contributed by atoms with van der Waals surface area (Å²) in [4.78, 5) is 25.9. The molecule has 7 nitrogen and oxygen atoms in total. The van der Waals surface area contributed by atoms with Gasteiger partial charge >= 0.3 is 6.09 Å². The van der Waals surface area contributed by atoms with Gasteiger partial charge in [-0.3, -0.25) is 4.79 Å². The first-order valence-electron chi connectivity index (χ1n) is 10.6. The van der Waals surface area contributed by atoms with Crippen LogP contribution in [0.25, 0.3) is 0 Å². The van der Waals surface area contributed by atoms with Crippen molar-refractivity contribution in [2.45, 2.75) is 25.4 Å². The van der Waals surface area contributed by atoms with E-state index < -0.39 is 6.09 Å². The average Bonchev–Trinajstić information content (AvgIpc) is 3.23. The number of rotatable bonds is 6. The van der Waals surface area contributed by atoms with E-state index in [2.05, 4.69) is 17.2 Å². The predicted octanol–water partition coefficient (Wildman–Crippen LogP) is 4.21. The minimum absolute atomic E-state index is 0.0297. The van der Waals surface area contributed by atoms with Crippen LogP contribution >= 0.6 is 0 Å². The molecule has 0 bridgehead atoms. The van der Waals surface area contributed by atoms with Gasteiger partial charge in [-0.2, -0.15) is 0 Å². The van der Waals surface area contributed by atoms with Gasteiger partial charge in [-0.25, -0.2) is 4.79 Å². The van der Waals surface area contributed by atoms with Gasteiger partial charge in [0.2, 0.25) is 0 Å². The molecule has 3 N–H and O–H groups in total. The largest absolute Gasteiger partial charge is 0.494 e. The number of nitrogens with one attached hydrogen (secondary N) is 2. The quantitative estimate of drug-likeness (QED) is 0.608. The lowest BCUT2D eigenvalue weighted by Gasteiger charge is -2.39. The second-order valence-corrected chi connectivity index (χ2v) is 7.80. The third-order valence-corrected chi connectivity index (χ3v) is 6.02. The summed E-state index contributed by atoms with van der Waals surface area (Å²) in [6, 6.07) is 13.1. The molecule has 2 aliphatic heterocycles. The van der Waals surface area contributed by atoms with Gasteiger partial charge in [-0.05, 0) is 54.8 Å². The van der Waals surface area contributed by atoms with E-state index in [0.717, 1.165) is 29.0 Å². The number of likely N-dealkylation sites (tertiary alicyclic amines) is 1. The van der Waals surface area contributed by atoms with Gasteiger partial charge in [0.1, 0.15) is 5.75 Å². The first-order chi connectivity index (χ1) is 15.0. The lowest BCUT2D eigenvalue weighted by atomic mass is 9.79. The van der Waals surface area contributed by atoms with E-state index in [1.165, 1.54) is 4.90 Å². The molecule has 1 fully saturated rings. The van der Waals surface area contributed by atoms with Crippen LogP contribution in [-0.4, -0.2) is 41.7 Å². The Morgan fingerprint density at radius 1 is 1.29 bits per heavy atom. The summed E-state index contributed by atoms with van der Waals surface area (Å²) in [5.41, 5.74) is 3.30. The third-order valence-electron chi connectivity index (χ3n) is 6.02. The van der Waals surface area contributed by atoms with E-state index in [0.29, 0.717) is 25.3 Å². The van der Waals surface area contributed by atoms with Crippen LogP contribution in [-0.2, 0) is 0 Å². The highest BCUT2D eigenvalue weighted by molar-refractivity contribution is 5.95. The van der Waals surface area contributed by atoms with Crippen molar-refractivity contribution in [2.75, 3.05) is 25.0 Å². The van der Waals surface area contributed by atoms with Crippen molar-refractivity contribution in [3.63, 3.8) is 0 Å². The number of benzene rings is 2. The number of carboxylic acid groups (broad SMARTS) is 1. The molecule has 2 heterocycles. The smallest absolute Gasteiger partial charge is 0.407 e. The summed E-state index contributed by atoms with van der Waals surface area (Å²) in [5, 5.41) is 16.2. The minimum atomic E-state index is -0.938. The molecule has 0 spiro atoms. The first-order valence-corrected chi connectivity index (χ1v) is 10.6. The van der Waals surface area contributed by atoms with Crippen LogP contribution in [0.1, 0.15) is 46.9 Å². The van der Waals surface area contributed by atoms with Crippen LogP contribution < -0.4 is 15.4 Å². The molecule has 0 radical (unpaired) electrons. The summed E-state index contributed by atoms with van der Waals surface area (Å²) >= 11 is 0. The number of nitrogens with zero attached hydrogens (tertiary/aromatic N) is 1. The summed E-state index contributed by atoms with van der Waals surface area (Å²) in [6.07, 6.45) is 1.43. The zero-order chi connectivity index (χ0) is 22.0. The van der Waals surface area contributed by atoms with Gasteiger partial charge < -0.3 is 25.4 Å². The second kappa shape index (κ2) is 8.71. The first kappa shape index (κ1) is 20.8. The van der Waals surface area contributed by atoms with Crippen molar-refractivity contribution in [2.24, 2.45) is 5.92 Å². The fourth-order valence-corrected chi connectivity index (χ4v) is 4.67. The van der Waals surface area contributed by atoms with Crippen molar-refractivity contribution >= 4 is 17.7 Å². The maximum atomic E-state index is 12.4. The molecule has 2 aromatic rings. The van der Waals surface area contributed by atoms with E-state index >= 15 is 0 Å². The Labute approximate surface area is 181 Å². The maximum absolute atomic E-state index is 12.4. The third kappa shape index (κ3) is 3.95. The average molecular weight is 421 g/mol. The number of hydrogen-bond donors (Lipinski definition) is 3. The summed E-state index contributed by atoms with van der Waals surface area (Å²) in [7, 11) is 0. The fraction of sp³-hybridized carbons (Fsp3) is 0.333. The van der Waals surface area contributed by atoms with Crippen molar-refractivity contribution in [1.29, 1.82) is 0 Å². The van der Waals surface area contributed by atoms with Crippen LogP contribution in [0.5, 0.6) is 5.75 Å². The molecular weight excluding hydrogens is 394 g/mol. The molecule has 1 saturated heterocycles. The van der Waals surface area contributed by atoms with Crippen LogP contribution in [0, 0.1) is 5.92 Å². The van der Waals surface area contributed by atoms with Gasteiger partial charge in [0.05, 0.1) is 18.7 Å². The molecule has 2 aliphatic rings. The SMILES string of the molecule is C=CCNC(=O)c1ccc2c(c1)C1C(CCN1C(=O)O)C(c1ccc(OCC)cc1)N2. The number of amides is 2. The number of carbonyl (C=O) groups excluding carboxylic acids is 1. The van der Waals surface area contributed by atoms with Gasteiger partial charge in [-0.15, -0.1) is 6.58 Å². The fourth-order valence-electron chi connectivity index (χ4n) is 4.67. The molecular formula is C24H27N3O4. The molecule has 2 amide bonds. The maximum Gasteiger partial charge on any atom is 0.407 e. The van der Waals surface area contributed by atoms with E-state index in [4.69, 9.17) is 4.74 Å². The van der Waals surface area contributed by atoms with Gasteiger partial charge in [0, 0.05) is 30.3 Å². The topological polar surface area (TPSA) is 90.9 Å². The Morgan fingerprint density at radius 2 is 2.06 bits per heavy atom. The molecule has 31 heavy (non-hydrogen) atoms. The van der Waals surface area contributed by atoms with Crippen LogP contribution in [0.15, 0.2) is 55.1 Å². The molecule has 2 aromatic carbocycles. The van der Waals surface area contributed by atoms with Crippen LogP contribution in [0.2, 0.25) is 0 Å². The Balaban J connectivity index is 1.71. The lowest BCUT2D eigenvalue weighted by Crippen LogP contribution is -2.37. The number of fused-ring (bicyclic) bond motifs is 3. The highest BCUT2D eigenvalue weighted by Crippen LogP contribution is 2.51. The minimum Gasteiger partial charge on any atom is -0.494 e. The lowest BCUT2D eigenvalue weighted by molar-refractivity contribution is 0.0957. The number of anilines is 1. The number of carbonyl (C=O) groups is 2. The number of ether oxygens (including phenoxy) is 1. The van der Waals surface area contributed by atoms with Gasteiger partial charge in [0.25, 0.3) is 5.91 Å². The summed E-state index contributed by atoms with van der Waals surface area (Å²) in [6.45, 7) is 7.01. The molecule has 3 atom stereocenters. The molecule has 4 rings (SSSR count). The monoisotopic (exact) mass is 421 g/mol. The molecule has 0 aromatic heterocycles. The van der Waals surface area contributed by atoms with Crippen LogP contribution in [0.3, 0.4) is 0 Å². The zero-order valence-corrected chi connectivity index (χ0v) is 17.5. The highest BCUT2D eigenvalue weighted by Gasteiger charge is 2.46. The second-order valence-electron chi connectivity index (χ2n) is 7.80. The molecule has 3 unspecified atom stereocenters. The number of hydrogen-bond acceptors (Lipinski definition) is 4. The normalized spacial score (nSPS) is 21.5. The Morgan fingerprint density at radius 3 is 2.74 bits per heavy atom. The van der Waals surface area contributed by atoms with E-state index in [1.54, 1.807) is 12.1 Å². The molecule has 162 valence electrons. The molecule has 7 heteroatoms. The Hall–Kier alpha value is -3.48.